The molecular weight excluding hydrogens is 430 g/mol. The number of carbonyl (C=O) groups is 3. The number of nitrogens with zero attached hydrogens (tertiary/aromatic N) is 2. The van der Waals surface area contributed by atoms with Crippen LogP contribution in [-0.4, -0.2) is 60.2 Å². The van der Waals surface area contributed by atoms with Crippen LogP contribution in [0.2, 0.25) is 0 Å². The van der Waals surface area contributed by atoms with Gasteiger partial charge in [0.15, 0.2) is 11.5 Å². The van der Waals surface area contributed by atoms with Crippen LogP contribution < -0.4 is 14.8 Å². The van der Waals surface area contributed by atoms with Crippen molar-refractivity contribution in [3.8, 4) is 11.5 Å². The summed E-state index contributed by atoms with van der Waals surface area (Å²) in [7, 11) is 1.56. The van der Waals surface area contributed by atoms with Gasteiger partial charge >= 0.3 is 11.9 Å². The number of rotatable bonds is 13. The van der Waals surface area contributed by atoms with E-state index in [0.717, 1.165) is 44.1 Å². The van der Waals surface area contributed by atoms with Crippen molar-refractivity contribution in [2.75, 3.05) is 20.3 Å². The highest BCUT2D eigenvalue weighted by molar-refractivity contribution is 6.08. The lowest BCUT2D eigenvalue weighted by Gasteiger charge is -2.28. The summed E-state index contributed by atoms with van der Waals surface area (Å²) in [6.45, 7) is 2.75. The van der Waals surface area contributed by atoms with Crippen molar-refractivity contribution >= 4 is 29.5 Å². The Bertz CT molecular complexity index is 916. The van der Waals surface area contributed by atoms with Crippen molar-refractivity contribution in [1.82, 2.24) is 10.2 Å². The highest BCUT2D eigenvalue weighted by Gasteiger charge is 2.41. The molecule has 2 N–H and O–H groups in total. The van der Waals surface area contributed by atoms with Crippen molar-refractivity contribution in [1.29, 1.82) is 0 Å². The van der Waals surface area contributed by atoms with Gasteiger partial charge in [-0.15, -0.1) is 0 Å². The lowest BCUT2D eigenvalue weighted by atomic mass is 10.1. The number of carbonyl (C=O) groups excluding carboxylic acids is 2. The van der Waals surface area contributed by atoms with Crippen LogP contribution >= 0.6 is 0 Å². The molecule has 180 valence electrons. The number of hydrogen-bond acceptors (Lipinski definition) is 8. The molecule has 1 aromatic carbocycles. The molecule has 0 radical (unpaired) electrons. The number of unbranched alkanes of at least 4 members (excludes halogenated alkanes) is 5. The number of nitrogens with one attached hydrogen (secondary N) is 1. The summed E-state index contributed by atoms with van der Waals surface area (Å²) in [5, 5.41) is 11.8. The van der Waals surface area contributed by atoms with Crippen molar-refractivity contribution in [2.45, 2.75) is 64.5 Å². The maximum Gasteiger partial charge on any atom is 0.305 e. The number of esters is 1. The molecule has 1 unspecified atom stereocenters. The molecule has 10 heteroatoms. The fourth-order valence-corrected chi connectivity index (χ4v) is 3.98. The van der Waals surface area contributed by atoms with E-state index in [1.165, 1.54) is 6.92 Å². The average molecular weight is 462 g/mol. The zero-order valence-electron chi connectivity index (χ0n) is 19.1. The second-order valence-corrected chi connectivity index (χ2v) is 8.07. The van der Waals surface area contributed by atoms with Crippen molar-refractivity contribution in [3.63, 3.8) is 0 Å². The Morgan fingerprint density at radius 3 is 2.52 bits per heavy atom. The predicted octanol–water partition coefficient (Wildman–Crippen LogP) is 2.75. The first-order chi connectivity index (χ1) is 15.9. The first-order valence-corrected chi connectivity index (χ1v) is 11.2. The van der Waals surface area contributed by atoms with Crippen LogP contribution in [0.5, 0.6) is 11.5 Å². The molecule has 1 amide bonds. The number of benzene rings is 1. The van der Waals surface area contributed by atoms with Crippen LogP contribution in [0.4, 0.5) is 5.69 Å². The van der Waals surface area contributed by atoms with Gasteiger partial charge in [-0.1, -0.05) is 25.7 Å². The highest BCUT2D eigenvalue weighted by Crippen LogP contribution is 2.41. The lowest BCUT2D eigenvalue weighted by Crippen LogP contribution is -2.38. The highest BCUT2D eigenvalue weighted by atomic mass is 16.5. The van der Waals surface area contributed by atoms with Gasteiger partial charge in [0, 0.05) is 12.5 Å². The Kier molecular flexibility index (Phi) is 8.51. The molecule has 0 saturated carbocycles. The molecule has 1 atom stereocenters. The maximum atomic E-state index is 12.2. The monoisotopic (exact) mass is 461 g/mol. The van der Waals surface area contributed by atoms with Crippen LogP contribution in [0.25, 0.3) is 0 Å². The van der Waals surface area contributed by atoms with Crippen LogP contribution in [-0.2, 0) is 25.7 Å². The van der Waals surface area contributed by atoms with Gasteiger partial charge in [-0.2, -0.15) is 0 Å². The molecule has 0 aromatic heterocycles. The molecule has 1 fully saturated rings. The largest absolute Gasteiger partial charge is 0.492 e. The minimum absolute atomic E-state index is 0.234. The summed E-state index contributed by atoms with van der Waals surface area (Å²) in [5.41, 5.74) is 1.42. The molecule has 2 aliphatic rings. The molecule has 0 aliphatic carbocycles. The van der Waals surface area contributed by atoms with Crippen molar-refractivity contribution in [2.24, 2.45) is 4.99 Å². The smallest absolute Gasteiger partial charge is 0.305 e. The molecule has 33 heavy (non-hydrogen) atoms. The van der Waals surface area contributed by atoms with E-state index >= 15 is 0 Å². The van der Waals surface area contributed by atoms with Gasteiger partial charge in [0.2, 0.25) is 11.9 Å². The lowest BCUT2D eigenvalue weighted by molar-refractivity contribution is -0.141. The summed E-state index contributed by atoms with van der Waals surface area (Å²) in [5.74, 6) is -0.134. The third kappa shape index (κ3) is 6.36. The number of guanidine groups is 1. The van der Waals surface area contributed by atoms with Crippen LogP contribution in [0.15, 0.2) is 17.1 Å². The Morgan fingerprint density at radius 1 is 1.15 bits per heavy atom. The number of aliphatic imine (C=N–C) groups is 1. The number of carboxylic acids is 1. The number of carboxylic acid groups (broad SMARTS) is 1. The number of ether oxygens (including phenoxy) is 3. The standard InChI is InChI=1S/C23H31N3O7/c1-15(27)32-11-7-5-3-4-6-8-12-33-19-10-9-17-16(21(19)31-2)14-26-18(13-20(28)29)22(30)25-23(26)24-17/h9-10,18H,3-8,11-14H2,1-2H3,(H,28,29)(H,24,25,30). The molecule has 2 heterocycles. The van der Waals surface area contributed by atoms with E-state index in [-0.39, 0.29) is 18.3 Å². The number of fused-ring (bicyclic) bond motifs is 2. The quantitative estimate of drug-likeness (QED) is 0.339. The first kappa shape index (κ1) is 24.3. The van der Waals surface area contributed by atoms with Gasteiger partial charge in [-0.05, 0) is 25.0 Å². The van der Waals surface area contributed by atoms with Crippen LogP contribution in [0, 0.1) is 0 Å². The van der Waals surface area contributed by atoms with Gasteiger partial charge in [-0.25, -0.2) is 4.99 Å². The zero-order chi connectivity index (χ0) is 23.8. The van der Waals surface area contributed by atoms with Crippen LogP contribution in [0.1, 0.15) is 57.4 Å². The fraction of sp³-hybridized carbons (Fsp3) is 0.565. The summed E-state index contributed by atoms with van der Waals surface area (Å²) >= 11 is 0. The summed E-state index contributed by atoms with van der Waals surface area (Å²) in [6.07, 6.45) is 5.73. The first-order valence-electron chi connectivity index (χ1n) is 11.2. The van der Waals surface area contributed by atoms with Gasteiger partial charge < -0.3 is 24.2 Å². The molecule has 1 saturated heterocycles. The van der Waals surface area contributed by atoms with E-state index in [2.05, 4.69) is 10.3 Å². The summed E-state index contributed by atoms with van der Waals surface area (Å²) in [6, 6.07) is 2.81. The Morgan fingerprint density at radius 2 is 1.85 bits per heavy atom. The average Bonchev–Trinajstić information content (AvgIpc) is 3.06. The molecule has 10 nitrogen and oxygen atoms in total. The second-order valence-electron chi connectivity index (χ2n) is 8.07. The second kappa shape index (κ2) is 11.5. The van der Waals surface area contributed by atoms with E-state index in [1.54, 1.807) is 18.1 Å². The van der Waals surface area contributed by atoms with E-state index in [9.17, 15) is 14.4 Å². The topological polar surface area (TPSA) is 127 Å². The molecular formula is C23H31N3O7. The number of amides is 1. The fourth-order valence-electron chi connectivity index (χ4n) is 3.98. The SMILES string of the molecule is COc1c(OCCCCCCCCOC(C)=O)ccc2c1CN1C(=N2)NC(=O)C1CC(=O)O. The van der Waals surface area contributed by atoms with E-state index in [0.29, 0.717) is 42.9 Å². The Balaban J connectivity index is 1.51. The van der Waals surface area contributed by atoms with Crippen molar-refractivity contribution < 1.29 is 33.7 Å². The van der Waals surface area contributed by atoms with Gasteiger partial charge in [0.25, 0.3) is 0 Å². The zero-order valence-corrected chi connectivity index (χ0v) is 19.1. The van der Waals surface area contributed by atoms with Gasteiger partial charge in [-0.3, -0.25) is 19.7 Å². The maximum absolute atomic E-state index is 12.2. The third-order valence-electron chi connectivity index (χ3n) is 5.61. The van der Waals surface area contributed by atoms with Crippen LogP contribution in [0.3, 0.4) is 0 Å². The van der Waals surface area contributed by atoms with Gasteiger partial charge in [0.1, 0.15) is 6.04 Å². The number of hydrogen-bond donors (Lipinski definition) is 2. The minimum atomic E-state index is -1.05. The Labute approximate surface area is 192 Å². The molecule has 1 aromatic rings. The van der Waals surface area contributed by atoms with E-state index in [1.807, 2.05) is 6.07 Å². The summed E-state index contributed by atoms with van der Waals surface area (Å²) in [4.78, 5) is 40.2. The summed E-state index contributed by atoms with van der Waals surface area (Å²) < 4.78 is 16.5. The van der Waals surface area contributed by atoms with Gasteiger partial charge in [0.05, 0.1) is 39.0 Å². The number of aliphatic carboxylic acids is 1. The predicted molar refractivity (Wildman–Crippen MR) is 120 cm³/mol. The molecule has 0 spiro atoms. The van der Waals surface area contributed by atoms with E-state index in [4.69, 9.17) is 19.3 Å². The minimum Gasteiger partial charge on any atom is -0.492 e. The molecule has 3 rings (SSSR count). The normalized spacial score (nSPS) is 16.4. The van der Waals surface area contributed by atoms with E-state index < -0.39 is 12.0 Å². The molecule has 2 aliphatic heterocycles. The van der Waals surface area contributed by atoms with Crippen molar-refractivity contribution in [3.05, 3.63) is 17.7 Å². The number of methoxy groups -OCH3 is 1. The third-order valence-corrected chi connectivity index (χ3v) is 5.61. The Hall–Kier alpha value is -3.30. The molecule has 0 bridgehead atoms.